The second-order valence-electron chi connectivity index (χ2n) is 6.64. The number of likely N-dealkylation sites (tertiary alicyclic amines) is 1. The van der Waals surface area contributed by atoms with Crippen LogP contribution in [0.3, 0.4) is 0 Å². The molecule has 0 N–H and O–H groups in total. The summed E-state index contributed by atoms with van der Waals surface area (Å²) in [4.78, 5) is 17.7. The van der Waals surface area contributed by atoms with Gasteiger partial charge in [0.2, 0.25) is 15.9 Å². The predicted octanol–water partition coefficient (Wildman–Crippen LogP) is 2.25. The van der Waals surface area contributed by atoms with Gasteiger partial charge in [-0.05, 0) is 30.3 Å². The average molecular weight is 429 g/mol. The first-order chi connectivity index (χ1) is 13.5. The Hall–Kier alpha value is -2.66. The largest absolute Gasteiger partial charge is 0.471 e. The maximum absolute atomic E-state index is 12.5. The fraction of sp³-hybridized carbons (Fsp3) is 0.333. The zero-order valence-electron chi connectivity index (χ0n) is 15.5. The lowest BCUT2D eigenvalue weighted by Gasteiger charge is -2.38. The smallest absolute Gasteiger partial charge is 0.417 e. The highest BCUT2D eigenvalue weighted by molar-refractivity contribution is 7.89. The first kappa shape index (κ1) is 21.1. The van der Waals surface area contributed by atoms with Crippen LogP contribution in [0.1, 0.15) is 15.9 Å². The van der Waals surface area contributed by atoms with Crippen molar-refractivity contribution in [3.63, 3.8) is 0 Å². The fourth-order valence-electron chi connectivity index (χ4n) is 2.63. The van der Waals surface area contributed by atoms with Crippen molar-refractivity contribution in [3.05, 3.63) is 53.7 Å². The SMILES string of the molecule is CN(C)S(=O)(=O)c1ccc(C(=O)N2CC(Oc3ccc(C(F)(F)F)cn3)C2)cc1. The van der Waals surface area contributed by atoms with Gasteiger partial charge in [-0.1, -0.05) is 0 Å². The molecular weight excluding hydrogens is 411 g/mol. The summed E-state index contributed by atoms with van der Waals surface area (Å²) < 4.78 is 68.2. The molecule has 2 heterocycles. The van der Waals surface area contributed by atoms with Gasteiger partial charge >= 0.3 is 6.18 Å². The number of hydrogen-bond donors (Lipinski definition) is 0. The van der Waals surface area contributed by atoms with E-state index in [9.17, 15) is 26.4 Å². The number of pyridine rings is 1. The number of rotatable bonds is 5. The number of sulfonamides is 1. The van der Waals surface area contributed by atoms with Gasteiger partial charge in [0, 0.05) is 31.9 Å². The van der Waals surface area contributed by atoms with Gasteiger partial charge in [-0.2, -0.15) is 13.2 Å². The van der Waals surface area contributed by atoms with E-state index >= 15 is 0 Å². The van der Waals surface area contributed by atoms with E-state index in [2.05, 4.69) is 4.98 Å². The summed E-state index contributed by atoms with van der Waals surface area (Å²) in [6, 6.07) is 7.62. The number of ether oxygens (including phenoxy) is 1. The number of benzene rings is 1. The van der Waals surface area contributed by atoms with Crippen molar-refractivity contribution in [2.75, 3.05) is 27.2 Å². The van der Waals surface area contributed by atoms with E-state index in [1.165, 1.54) is 43.3 Å². The molecule has 2 aromatic rings. The number of halogens is 3. The number of carbonyl (C=O) groups is 1. The summed E-state index contributed by atoms with van der Waals surface area (Å²) in [5, 5.41) is 0. The molecule has 1 aromatic heterocycles. The summed E-state index contributed by atoms with van der Waals surface area (Å²) in [5.41, 5.74) is -0.538. The summed E-state index contributed by atoms with van der Waals surface area (Å²) in [6.07, 6.45) is -4.15. The van der Waals surface area contributed by atoms with E-state index in [0.717, 1.165) is 16.4 Å². The molecule has 0 unspecified atom stereocenters. The Kier molecular flexibility index (Phi) is 5.54. The monoisotopic (exact) mass is 429 g/mol. The Balaban J connectivity index is 1.56. The van der Waals surface area contributed by atoms with E-state index in [1.807, 2.05) is 0 Å². The number of carbonyl (C=O) groups excluding carboxylic acids is 1. The molecule has 0 radical (unpaired) electrons. The number of aromatic nitrogens is 1. The van der Waals surface area contributed by atoms with Crippen molar-refractivity contribution in [1.82, 2.24) is 14.2 Å². The Labute approximate surface area is 165 Å². The van der Waals surface area contributed by atoms with Gasteiger partial charge in [0.1, 0.15) is 6.10 Å². The topological polar surface area (TPSA) is 79.8 Å². The summed E-state index contributed by atoms with van der Waals surface area (Å²) >= 11 is 0. The van der Waals surface area contributed by atoms with Crippen LogP contribution in [-0.4, -0.2) is 61.8 Å². The van der Waals surface area contributed by atoms with Crippen LogP contribution in [0.5, 0.6) is 5.88 Å². The highest BCUT2D eigenvalue weighted by atomic mass is 32.2. The molecule has 0 aliphatic carbocycles. The molecule has 29 heavy (non-hydrogen) atoms. The molecule has 0 bridgehead atoms. The third kappa shape index (κ3) is 4.51. The Morgan fingerprint density at radius 2 is 1.76 bits per heavy atom. The number of nitrogens with zero attached hydrogens (tertiary/aromatic N) is 3. The molecule has 1 aromatic carbocycles. The van der Waals surface area contributed by atoms with Gasteiger partial charge in [-0.15, -0.1) is 0 Å². The highest BCUT2D eigenvalue weighted by Gasteiger charge is 2.34. The second-order valence-corrected chi connectivity index (χ2v) is 8.80. The van der Waals surface area contributed by atoms with Crippen molar-refractivity contribution in [2.24, 2.45) is 0 Å². The van der Waals surface area contributed by atoms with Crippen LogP contribution in [0.4, 0.5) is 13.2 Å². The standard InChI is InChI=1S/C18H18F3N3O4S/c1-23(2)29(26,27)15-6-3-12(4-7-15)17(25)24-10-14(11-24)28-16-8-5-13(9-22-16)18(19,20)21/h3-9,14H,10-11H2,1-2H3. The fourth-order valence-corrected chi connectivity index (χ4v) is 3.53. The van der Waals surface area contributed by atoms with E-state index in [4.69, 9.17) is 4.74 Å². The third-order valence-corrected chi connectivity index (χ3v) is 6.20. The molecule has 1 saturated heterocycles. The number of amides is 1. The molecule has 0 saturated carbocycles. The van der Waals surface area contributed by atoms with Gasteiger partial charge < -0.3 is 9.64 Å². The minimum absolute atomic E-state index is 0.0494. The van der Waals surface area contributed by atoms with Gasteiger partial charge in [0.25, 0.3) is 5.91 Å². The van der Waals surface area contributed by atoms with Gasteiger partial charge in [-0.3, -0.25) is 4.79 Å². The zero-order valence-corrected chi connectivity index (χ0v) is 16.4. The van der Waals surface area contributed by atoms with Crippen molar-refractivity contribution < 1.29 is 31.1 Å². The lowest BCUT2D eigenvalue weighted by molar-refractivity contribution is -0.137. The number of alkyl halides is 3. The summed E-state index contributed by atoms with van der Waals surface area (Å²) in [7, 11) is -0.742. The molecule has 3 rings (SSSR count). The zero-order chi connectivity index (χ0) is 21.4. The quantitative estimate of drug-likeness (QED) is 0.729. The second kappa shape index (κ2) is 7.64. The van der Waals surface area contributed by atoms with Crippen molar-refractivity contribution >= 4 is 15.9 Å². The number of hydrogen-bond acceptors (Lipinski definition) is 5. The van der Waals surface area contributed by atoms with E-state index in [1.54, 1.807) is 0 Å². The van der Waals surface area contributed by atoms with Crippen LogP contribution < -0.4 is 4.74 Å². The summed E-state index contributed by atoms with van der Waals surface area (Å²) in [6.45, 7) is 0.499. The Bertz CT molecular complexity index is 985. The maximum atomic E-state index is 12.5. The lowest BCUT2D eigenvalue weighted by atomic mass is 10.1. The van der Waals surface area contributed by atoms with E-state index in [0.29, 0.717) is 11.8 Å². The minimum atomic E-state index is -4.47. The first-order valence-electron chi connectivity index (χ1n) is 8.50. The maximum Gasteiger partial charge on any atom is 0.417 e. The third-order valence-electron chi connectivity index (χ3n) is 4.37. The molecule has 7 nitrogen and oxygen atoms in total. The molecule has 11 heteroatoms. The molecule has 1 amide bonds. The van der Waals surface area contributed by atoms with Crippen LogP contribution in [0, 0.1) is 0 Å². The molecular formula is C18H18F3N3O4S. The van der Waals surface area contributed by atoms with Crippen LogP contribution in [0.2, 0.25) is 0 Å². The Morgan fingerprint density at radius 3 is 2.24 bits per heavy atom. The average Bonchev–Trinajstić information content (AvgIpc) is 2.63. The molecule has 156 valence electrons. The van der Waals surface area contributed by atoms with Crippen molar-refractivity contribution in [2.45, 2.75) is 17.2 Å². The molecule has 1 fully saturated rings. The minimum Gasteiger partial charge on any atom is -0.471 e. The highest BCUT2D eigenvalue weighted by Crippen LogP contribution is 2.29. The van der Waals surface area contributed by atoms with Crippen molar-refractivity contribution in [1.29, 1.82) is 0 Å². The van der Waals surface area contributed by atoms with Crippen LogP contribution in [0.15, 0.2) is 47.5 Å². The van der Waals surface area contributed by atoms with Crippen LogP contribution in [-0.2, 0) is 16.2 Å². The van der Waals surface area contributed by atoms with Crippen LogP contribution in [0.25, 0.3) is 0 Å². The Morgan fingerprint density at radius 1 is 1.14 bits per heavy atom. The van der Waals surface area contributed by atoms with Crippen LogP contribution >= 0.6 is 0 Å². The van der Waals surface area contributed by atoms with Crippen molar-refractivity contribution in [3.8, 4) is 5.88 Å². The first-order valence-corrected chi connectivity index (χ1v) is 9.94. The normalized spacial score (nSPS) is 15.3. The predicted molar refractivity (Wildman–Crippen MR) is 96.9 cm³/mol. The van der Waals surface area contributed by atoms with Gasteiger partial charge in [-0.25, -0.2) is 17.7 Å². The molecule has 0 spiro atoms. The lowest BCUT2D eigenvalue weighted by Crippen LogP contribution is -2.56. The van der Waals surface area contributed by atoms with E-state index in [-0.39, 0.29) is 35.9 Å². The molecule has 1 aliphatic heterocycles. The molecule has 1 aliphatic rings. The molecule has 0 atom stereocenters. The summed E-state index contributed by atoms with van der Waals surface area (Å²) in [5.74, 6) is -0.243. The van der Waals surface area contributed by atoms with E-state index < -0.39 is 21.8 Å². The van der Waals surface area contributed by atoms with Gasteiger partial charge in [0.15, 0.2) is 0 Å². The van der Waals surface area contributed by atoms with Gasteiger partial charge in [0.05, 0.1) is 23.5 Å².